The zero-order valence-corrected chi connectivity index (χ0v) is 49.4. The van der Waals surface area contributed by atoms with Crippen molar-refractivity contribution >= 4 is 40.3 Å². The van der Waals surface area contributed by atoms with Crippen LogP contribution in [0.15, 0.2) is 23.1 Å². The van der Waals surface area contributed by atoms with E-state index in [1.165, 1.54) is 34.3 Å². The molecule has 4 aliphatic rings. The lowest BCUT2D eigenvalue weighted by atomic mass is 9.74. The highest BCUT2D eigenvalue weighted by Gasteiger charge is 2.55. The van der Waals surface area contributed by atoms with Gasteiger partial charge in [0.05, 0.1) is 80.4 Å². The van der Waals surface area contributed by atoms with Crippen molar-refractivity contribution in [3.63, 3.8) is 0 Å². The SMILES string of the molecule is CC[C@H]1OC(=O)[C@H](C)[C@@H](O[C@H]2C[C@@](C)(OC)[C@@H](OC(=O)CCOCCOCCNc3cc4c5c(c3)c(=O)c(C(=O)O)cn5CCC4)[C@H](C)O2)[C@H](C)[C@@H](O[C@H]2O[C@@H](C)C[C@@H](N(C)C)[C@@H]2O)[C@](C)(OC)C[C@@H](C)C(=O)[C@H](C)[C@@H](O)[C@]1(C)O. The molecule has 0 bridgehead atoms. The molecule has 5 heterocycles. The van der Waals surface area contributed by atoms with Gasteiger partial charge in [-0.05, 0) is 105 Å². The fraction of sp³-hybridized carbons (Fsp3) is 0.776. The average molecular weight is 1130 g/mol. The minimum atomic E-state index is -2.03. The number of carbonyl (C=O) groups excluding carboxylic acids is 3. The molecule has 1 aromatic heterocycles. The van der Waals surface area contributed by atoms with E-state index in [-0.39, 0.29) is 69.0 Å². The van der Waals surface area contributed by atoms with Gasteiger partial charge in [-0.15, -0.1) is 0 Å². The van der Waals surface area contributed by atoms with Crippen molar-refractivity contribution in [3.8, 4) is 0 Å². The van der Waals surface area contributed by atoms with Crippen LogP contribution < -0.4 is 10.7 Å². The molecular weight excluding hydrogens is 1040 g/mol. The molecule has 3 saturated heterocycles. The maximum Gasteiger partial charge on any atom is 0.341 e. The monoisotopic (exact) mass is 1130 g/mol. The summed E-state index contributed by atoms with van der Waals surface area (Å²) in [6.07, 6.45) is -6.76. The Morgan fingerprint density at radius 2 is 1.54 bits per heavy atom. The van der Waals surface area contributed by atoms with Gasteiger partial charge in [-0.2, -0.15) is 0 Å². The van der Waals surface area contributed by atoms with Crippen molar-refractivity contribution in [3.05, 3.63) is 39.7 Å². The van der Waals surface area contributed by atoms with Gasteiger partial charge in [0.25, 0.3) is 0 Å². The van der Waals surface area contributed by atoms with Crippen LogP contribution >= 0.6 is 0 Å². The maximum absolute atomic E-state index is 14.6. The second-order valence-corrected chi connectivity index (χ2v) is 23.5. The van der Waals surface area contributed by atoms with Gasteiger partial charge in [-0.25, -0.2) is 4.79 Å². The standard InChI is InChI=1S/C58H91N3O19/c1-15-42-58(10,70)50(66)33(4)46(63)31(2)28-56(8,71-13)51(80-55-48(65)41(60(11)12)25-32(3)75-55)34(5)49(35(6)54(69)77-42)79-44-29-57(9,72-14)52(36(7)76-44)78-43(62)18-21-73-23-24-74-22-19-59-38-26-37-17-16-20-61-30-40(53(67)68)47(64)39(27-38)45(37)61/h26-27,30-36,41-42,44,48-52,55,59,65-66,70H,15-25,28-29H2,1-14H3,(H,67,68)/t31-,32+,33+,34+,35-,36+,41-,42-,44+,48+,49+,50-,51-,52+,55-,56-,57-,58-/m1/s1. The Kier molecular flexibility index (Phi) is 22.3. The summed E-state index contributed by atoms with van der Waals surface area (Å²) >= 11 is 0. The molecule has 22 heteroatoms. The Morgan fingerprint density at radius 1 is 0.875 bits per heavy atom. The highest BCUT2D eigenvalue weighted by atomic mass is 16.7. The first kappa shape index (κ1) is 65.0. The van der Waals surface area contributed by atoms with E-state index >= 15 is 0 Å². The number of aliphatic hydroxyl groups is 3. The number of hydrogen-bond acceptors (Lipinski definition) is 20. The number of aryl methyl sites for hydroxylation is 2. The molecular formula is C58H91N3O19. The lowest BCUT2D eigenvalue weighted by Crippen LogP contribution is -2.61. The number of carboxylic acid groups (broad SMARTS) is 1. The fourth-order valence-corrected chi connectivity index (χ4v) is 12.4. The van der Waals surface area contributed by atoms with Gasteiger partial charge >= 0.3 is 17.9 Å². The number of rotatable bonds is 20. The topological polar surface area (TPSA) is 279 Å². The lowest BCUT2D eigenvalue weighted by Gasteiger charge is -2.50. The molecule has 1 aromatic carbocycles. The van der Waals surface area contributed by atoms with Crippen LogP contribution in [-0.2, 0) is 74.7 Å². The number of esters is 2. The number of aromatic nitrogens is 1. The van der Waals surface area contributed by atoms with Gasteiger partial charge in [-0.3, -0.25) is 19.2 Å². The number of cyclic esters (lactones) is 1. The first-order valence-electron chi connectivity index (χ1n) is 28.4. The average Bonchev–Trinajstić information content (AvgIpc) is 3.52. The molecule has 2 aromatic rings. The normalized spacial score (nSPS) is 36.5. The van der Waals surface area contributed by atoms with Gasteiger partial charge in [-0.1, -0.05) is 27.7 Å². The summed E-state index contributed by atoms with van der Waals surface area (Å²) in [4.78, 5) is 68.9. The molecule has 22 nitrogen and oxygen atoms in total. The number of ether oxygens (including phenoxy) is 10. The van der Waals surface area contributed by atoms with Crippen molar-refractivity contribution < 1.29 is 87.0 Å². The van der Waals surface area contributed by atoms with Gasteiger partial charge in [0.1, 0.15) is 34.8 Å². The molecule has 0 amide bonds. The molecule has 5 N–H and O–H groups in total. The summed E-state index contributed by atoms with van der Waals surface area (Å²) in [5, 5.41) is 48.5. The number of hydrogen-bond donors (Lipinski definition) is 5. The van der Waals surface area contributed by atoms with E-state index in [2.05, 4.69) is 5.32 Å². The maximum atomic E-state index is 14.6. The van der Waals surface area contributed by atoms with Gasteiger partial charge < -0.3 is 82.6 Å². The second kappa shape index (κ2) is 27.5. The summed E-state index contributed by atoms with van der Waals surface area (Å²) in [6, 6.07) is 3.33. The number of nitrogens with one attached hydrogen (secondary N) is 1. The number of carbonyl (C=O) groups is 4. The Bertz CT molecular complexity index is 2510. The largest absolute Gasteiger partial charge is 0.477 e. The summed E-state index contributed by atoms with van der Waals surface area (Å²) in [6.45, 7) is 18.8. The van der Waals surface area contributed by atoms with Crippen molar-refractivity contribution in [1.29, 1.82) is 0 Å². The molecule has 0 radical (unpaired) electrons. The smallest absolute Gasteiger partial charge is 0.341 e. The van der Waals surface area contributed by atoms with Gasteiger partial charge in [0.2, 0.25) is 5.43 Å². The lowest BCUT2D eigenvalue weighted by molar-refractivity contribution is -0.320. The Balaban J connectivity index is 1.12. The van der Waals surface area contributed by atoms with Crippen molar-refractivity contribution in [1.82, 2.24) is 9.47 Å². The third-order valence-electron chi connectivity index (χ3n) is 17.2. The zero-order valence-electron chi connectivity index (χ0n) is 49.4. The number of aliphatic hydroxyl groups excluding tert-OH is 2. The first-order valence-corrected chi connectivity index (χ1v) is 28.4. The van der Waals surface area contributed by atoms with Crippen LogP contribution in [0, 0.1) is 23.7 Å². The van der Waals surface area contributed by atoms with Crippen molar-refractivity contribution in [2.75, 3.05) is 66.6 Å². The van der Waals surface area contributed by atoms with E-state index in [1.807, 2.05) is 43.5 Å². The third kappa shape index (κ3) is 14.6. The van der Waals surface area contributed by atoms with Crippen LogP contribution in [0.3, 0.4) is 0 Å². The van der Waals surface area contributed by atoms with E-state index in [0.29, 0.717) is 37.2 Å². The minimum Gasteiger partial charge on any atom is -0.477 e. The Labute approximate surface area is 470 Å². The number of Topliss-reactive ketones (excluding diaryl/α,β-unsaturated/α-hetero) is 1. The molecule has 6 rings (SSSR count). The summed E-state index contributed by atoms with van der Waals surface area (Å²) in [7, 11) is 6.70. The Morgan fingerprint density at radius 3 is 2.17 bits per heavy atom. The van der Waals surface area contributed by atoms with Crippen LogP contribution in [0.5, 0.6) is 0 Å². The molecule has 18 atom stereocenters. The zero-order chi connectivity index (χ0) is 59.2. The van der Waals surface area contributed by atoms with E-state index < -0.39 is 119 Å². The molecule has 0 saturated carbocycles. The van der Waals surface area contributed by atoms with E-state index in [9.17, 15) is 44.4 Å². The first-order chi connectivity index (χ1) is 37.6. The number of carboxylic acids is 1. The van der Waals surface area contributed by atoms with E-state index in [1.54, 1.807) is 47.6 Å². The van der Waals surface area contributed by atoms with E-state index in [0.717, 1.165) is 23.9 Å². The molecule has 80 heavy (non-hydrogen) atoms. The minimum absolute atomic E-state index is 0.0221. The van der Waals surface area contributed by atoms with E-state index in [4.69, 9.17) is 47.4 Å². The number of benzene rings is 1. The molecule has 0 spiro atoms. The van der Waals surface area contributed by atoms with Crippen molar-refractivity contribution in [2.24, 2.45) is 23.7 Å². The fourth-order valence-electron chi connectivity index (χ4n) is 12.4. The van der Waals surface area contributed by atoms with Crippen molar-refractivity contribution in [2.45, 2.75) is 205 Å². The van der Waals surface area contributed by atoms with Gasteiger partial charge in [0, 0.05) is 74.8 Å². The highest BCUT2D eigenvalue weighted by Crippen LogP contribution is 2.42. The quantitative estimate of drug-likeness (QED) is 0.0902. The number of nitrogens with zero attached hydrogens (tertiary/aromatic N) is 2. The second-order valence-electron chi connectivity index (χ2n) is 23.5. The number of anilines is 1. The number of methoxy groups -OCH3 is 2. The number of likely N-dealkylation sites (N-methyl/N-ethyl adjacent to an activating group) is 1. The summed E-state index contributed by atoms with van der Waals surface area (Å²) in [5.74, 6) is -6.68. The number of ketones is 1. The number of pyridine rings is 1. The molecule has 0 aliphatic carbocycles. The molecule has 3 fully saturated rings. The molecule has 0 unspecified atom stereocenters. The predicted octanol–water partition coefficient (Wildman–Crippen LogP) is 4.49. The van der Waals surface area contributed by atoms with Crippen LogP contribution in [0.4, 0.5) is 5.69 Å². The molecule has 4 aliphatic heterocycles. The van der Waals surface area contributed by atoms with Gasteiger partial charge in [0.15, 0.2) is 18.7 Å². The molecule has 452 valence electrons. The summed E-state index contributed by atoms with van der Waals surface area (Å²) < 4.78 is 64.5. The third-order valence-corrected chi connectivity index (χ3v) is 17.2. The Hall–Kier alpha value is -4.17. The van der Waals surface area contributed by atoms with Crippen LogP contribution in [0.2, 0.25) is 0 Å². The van der Waals surface area contributed by atoms with Crippen LogP contribution in [0.1, 0.15) is 124 Å². The van der Waals surface area contributed by atoms with Crippen LogP contribution in [-0.4, -0.2) is 199 Å². The van der Waals surface area contributed by atoms with Crippen LogP contribution in [0.25, 0.3) is 10.9 Å². The summed E-state index contributed by atoms with van der Waals surface area (Å²) in [5.41, 5.74) is -2.87. The predicted molar refractivity (Wildman–Crippen MR) is 293 cm³/mol. The number of aromatic carboxylic acids is 1. The highest BCUT2D eigenvalue weighted by molar-refractivity contribution is 5.95.